The van der Waals surface area contributed by atoms with Crippen LogP contribution in [-0.4, -0.2) is 31.2 Å². The molecule has 0 aromatic rings. The maximum absolute atomic E-state index is 11.8. The summed E-state index contributed by atoms with van der Waals surface area (Å²) < 4.78 is 22.4. The van der Waals surface area contributed by atoms with Crippen molar-refractivity contribution in [2.24, 2.45) is 11.8 Å². The summed E-state index contributed by atoms with van der Waals surface area (Å²) in [6.45, 7) is 11.1. The van der Waals surface area contributed by atoms with Crippen LogP contribution in [0.5, 0.6) is 0 Å². The topological polar surface area (TPSA) is 52.6 Å². The van der Waals surface area contributed by atoms with Crippen LogP contribution in [0.15, 0.2) is 0 Å². The number of rotatable bonds is 10. The fourth-order valence-corrected chi connectivity index (χ4v) is 2.14. The summed E-state index contributed by atoms with van der Waals surface area (Å²) in [5, 5.41) is 0. The Balaban J connectivity index is 3.78. The summed E-state index contributed by atoms with van der Waals surface area (Å²) in [4.78, 5) is 11.5. The lowest BCUT2D eigenvalue weighted by Crippen LogP contribution is -2.14. The molecule has 0 aromatic heterocycles. The number of esters is 1. The van der Waals surface area contributed by atoms with Gasteiger partial charge in [0, 0.05) is 6.92 Å². The molecule has 5 heteroatoms. The van der Waals surface area contributed by atoms with Gasteiger partial charge in [0.15, 0.2) is 0 Å². The van der Waals surface area contributed by atoms with E-state index in [0.29, 0.717) is 25.0 Å². The van der Waals surface area contributed by atoms with Crippen molar-refractivity contribution in [2.75, 3.05) is 19.4 Å². The lowest BCUT2D eigenvalue weighted by atomic mass is 10.1. The summed E-state index contributed by atoms with van der Waals surface area (Å²) in [6.07, 6.45) is 1.73. The van der Waals surface area contributed by atoms with Gasteiger partial charge in [0.2, 0.25) is 6.16 Å². The van der Waals surface area contributed by atoms with Crippen molar-refractivity contribution in [3.8, 4) is 0 Å². The van der Waals surface area contributed by atoms with Gasteiger partial charge in [0.05, 0.1) is 13.2 Å². The zero-order valence-corrected chi connectivity index (χ0v) is 13.7. The highest BCUT2D eigenvalue weighted by Crippen LogP contribution is 2.28. The molecule has 4 nitrogen and oxygen atoms in total. The Bertz CT molecular complexity index is 277. The van der Waals surface area contributed by atoms with Gasteiger partial charge in [0.1, 0.15) is 0 Å². The highest BCUT2D eigenvalue weighted by molar-refractivity contribution is 7.46. The van der Waals surface area contributed by atoms with Gasteiger partial charge in [-0.2, -0.15) is 0 Å². The van der Waals surface area contributed by atoms with Gasteiger partial charge in [-0.05, 0) is 24.7 Å². The van der Waals surface area contributed by atoms with Crippen LogP contribution in [0.25, 0.3) is 0 Å². The molecule has 0 heterocycles. The summed E-state index contributed by atoms with van der Waals surface area (Å²) in [5.41, 5.74) is 0. The molecule has 2 unspecified atom stereocenters. The van der Waals surface area contributed by atoms with Crippen molar-refractivity contribution in [1.29, 1.82) is 0 Å². The third-order valence-corrected chi connectivity index (χ3v) is 4.23. The van der Waals surface area contributed by atoms with Crippen molar-refractivity contribution in [3.63, 3.8) is 0 Å². The van der Waals surface area contributed by atoms with E-state index in [0.717, 1.165) is 12.8 Å². The molecule has 0 aliphatic heterocycles. The van der Waals surface area contributed by atoms with Crippen molar-refractivity contribution in [3.05, 3.63) is 0 Å². The lowest BCUT2D eigenvalue weighted by molar-refractivity contribution is -0.140. The normalized spacial score (nSPS) is 13.7. The Morgan fingerprint density at radius 1 is 1.00 bits per heavy atom. The highest BCUT2D eigenvalue weighted by Gasteiger charge is 2.30. The van der Waals surface area contributed by atoms with E-state index in [1.54, 1.807) is 6.92 Å². The molecule has 0 amide bonds. The Labute approximate surface area is 118 Å². The van der Waals surface area contributed by atoms with Crippen LogP contribution in [0.2, 0.25) is 0 Å². The van der Waals surface area contributed by atoms with Crippen LogP contribution in [0.3, 0.4) is 0 Å². The molecule has 0 saturated carbocycles. The van der Waals surface area contributed by atoms with Gasteiger partial charge in [-0.15, -0.1) is 0 Å². The number of ether oxygens (including phenoxy) is 2. The van der Waals surface area contributed by atoms with Crippen molar-refractivity contribution in [1.82, 2.24) is 0 Å². The summed E-state index contributed by atoms with van der Waals surface area (Å²) in [5.74, 6) is 0.290. The minimum Gasteiger partial charge on any atom is -0.463 e. The Morgan fingerprint density at radius 2 is 1.53 bits per heavy atom. The van der Waals surface area contributed by atoms with E-state index in [4.69, 9.17) is 9.47 Å². The van der Waals surface area contributed by atoms with E-state index in [9.17, 15) is 9.36 Å². The van der Waals surface area contributed by atoms with Gasteiger partial charge in [0.25, 0.3) is 5.85 Å². The van der Waals surface area contributed by atoms with Gasteiger partial charge < -0.3 is 9.47 Å². The van der Waals surface area contributed by atoms with E-state index in [1.807, 2.05) is 0 Å². The number of hydrogen-bond donors (Lipinski definition) is 0. The first-order valence-corrected chi connectivity index (χ1v) is 8.55. The molecule has 0 spiro atoms. The van der Waals surface area contributed by atoms with Crippen LogP contribution < -0.4 is 0 Å². The van der Waals surface area contributed by atoms with Gasteiger partial charge in [-0.1, -0.05) is 32.3 Å². The van der Waals surface area contributed by atoms with Gasteiger partial charge in [-0.3, -0.25) is 0 Å². The minimum atomic E-state index is -1.69. The molecule has 0 saturated heterocycles. The Morgan fingerprint density at radius 3 is 2.05 bits per heavy atom. The molecular weight excluding hydrogens is 263 g/mol. The Kier molecular flexibility index (Phi) is 10.1. The molecule has 0 rings (SSSR count). The zero-order valence-electron chi connectivity index (χ0n) is 12.8. The average molecular weight is 291 g/mol. The quantitative estimate of drug-likeness (QED) is 0.453. The predicted octanol–water partition coefficient (Wildman–Crippen LogP) is 3.81. The molecule has 0 N–H and O–H groups in total. The summed E-state index contributed by atoms with van der Waals surface area (Å²) in [6, 6.07) is 0. The fourth-order valence-electron chi connectivity index (χ4n) is 1.27. The van der Waals surface area contributed by atoms with E-state index in [2.05, 4.69) is 27.7 Å². The van der Waals surface area contributed by atoms with Gasteiger partial charge in [-0.25, -0.2) is 4.79 Å². The molecule has 0 bridgehead atoms. The fraction of sp³-hybridized carbons (Fsp3) is 0.929. The molecule has 0 aliphatic rings. The van der Waals surface area contributed by atoms with Crippen molar-refractivity contribution >= 4 is 13.8 Å². The summed E-state index contributed by atoms with van der Waals surface area (Å²) >= 11 is 0. The first-order chi connectivity index (χ1) is 8.82. The molecule has 112 valence electrons. The SMILES string of the molecule is CC(C)CCOC(=O)C[P+](=O)C(C)OCCC(C)C. The second kappa shape index (κ2) is 10.3. The molecule has 19 heavy (non-hydrogen) atoms. The highest BCUT2D eigenvalue weighted by atomic mass is 31.1. The Hall–Kier alpha value is -0.470. The standard InChI is InChI=1S/C14H28O4P/c1-11(2)6-8-17-13(5)19(16)10-14(15)18-9-7-12(3)4/h11-13H,6-10H2,1-5H3/q+1. The average Bonchev–Trinajstić information content (AvgIpc) is 2.27. The summed E-state index contributed by atoms with van der Waals surface area (Å²) in [7, 11) is -1.69. The van der Waals surface area contributed by atoms with Crippen LogP contribution in [-0.2, 0) is 18.8 Å². The first-order valence-electron chi connectivity index (χ1n) is 7.04. The lowest BCUT2D eigenvalue weighted by Gasteiger charge is -2.07. The maximum atomic E-state index is 11.8. The van der Waals surface area contributed by atoms with E-state index in [1.165, 1.54) is 0 Å². The second-order valence-electron chi connectivity index (χ2n) is 5.63. The van der Waals surface area contributed by atoms with Crippen LogP contribution in [0.4, 0.5) is 0 Å². The molecular formula is C14H28O4P+. The van der Waals surface area contributed by atoms with Crippen LogP contribution in [0.1, 0.15) is 47.5 Å². The molecule has 0 aliphatic carbocycles. The molecule has 0 fully saturated rings. The monoisotopic (exact) mass is 291 g/mol. The third kappa shape index (κ3) is 11.1. The van der Waals surface area contributed by atoms with E-state index in [-0.39, 0.29) is 18.0 Å². The van der Waals surface area contributed by atoms with Crippen molar-refractivity contribution in [2.45, 2.75) is 53.3 Å². The maximum Gasteiger partial charge on any atom is 0.381 e. The minimum absolute atomic E-state index is 0.0454. The van der Waals surface area contributed by atoms with Gasteiger partial charge >= 0.3 is 13.8 Å². The smallest absolute Gasteiger partial charge is 0.381 e. The van der Waals surface area contributed by atoms with E-state index < -0.39 is 7.80 Å². The zero-order chi connectivity index (χ0) is 14.8. The van der Waals surface area contributed by atoms with Crippen LogP contribution in [0, 0.1) is 11.8 Å². The van der Waals surface area contributed by atoms with E-state index >= 15 is 0 Å². The third-order valence-electron chi connectivity index (χ3n) is 2.70. The largest absolute Gasteiger partial charge is 0.463 e. The molecule has 2 atom stereocenters. The predicted molar refractivity (Wildman–Crippen MR) is 77.8 cm³/mol. The first kappa shape index (κ1) is 18.5. The molecule has 0 radical (unpaired) electrons. The number of carbonyl (C=O) groups is 1. The second-order valence-corrected chi connectivity index (χ2v) is 7.51. The number of hydrogen-bond acceptors (Lipinski definition) is 4. The molecule has 0 aromatic carbocycles. The van der Waals surface area contributed by atoms with Crippen LogP contribution >= 0.6 is 7.80 Å². The number of carbonyl (C=O) groups excluding carboxylic acids is 1. The van der Waals surface area contributed by atoms with Crippen molar-refractivity contribution < 1.29 is 18.8 Å².